The number of para-hydroxylation sites is 1. The third-order valence-electron chi connectivity index (χ3n) is 7.06. The molecule has 2 heterocycles. The highest BCUT2D eigenvalue weighted by Gasteiger charge is 2.57. The van der Waals surface area contributed by atoms with Crippen molar-refractivity contribution in [2.75, 3.05) is 11.9 Å². The molecular weight excluding hydrogens is 394 g/mol. The molecule has 0 radical (unpaired) electrons. The average Bonchev–Trinajstić information content (AvgIpc) is 3.07. The Labute approximate surface area is 185 Å². The van der Waals surface area contributed by atoms with Gasteiger partial charge in [0.1, 0.15) is 16.9 Å². The first-order chi connectivity index (χ1) is 15.7. The molecule has 1 atom stereocenters. The van der Waals surface area contributed by atoms with E-state index in [1.165, 1.54) is 0 Å². The summed E-state index contributed by atoms with van der Waals surface area (Å²) >= 11 is 0. The van der Waals surface area contributed by atoms with Gasteiger partial charge in [0.2, 0.25) is 5.91 Å². The van der Waals surface area contributed by atoms with Crippen molar-refractivity contribution in [3.63, 3.8) is 0 Å². The lowest BCUT2D eigenvalue weighted by atomic mass is 9.66. The average molecular weight is 413 g/mol. The zero-order valence-corrected chi connectivity index (χ0v) is 17.5. The number of hydrogen-bond acceptors (Lipinski definition) is 2. The topological polar surface area (TPSA) is 29.5 Å². The molecule has 5 aromatic carbocycles. The molecule has 3 nitrogen and oxygen atoms in total. The van der Waals surface area contributed by atoms with Gasteiger partial charge < -0.3 is 9.64 Å². The Morgan fingerprint density at radius 3 is 2.19 bits per heavy atom. The highest BCUT2D eigenvalue weighted by atomic mass is 16.5. The summed E-state index contributed by atoms with van der Waals surface area (Å²) in [6.07, 6.45) is 0. The van der Waals surface area contributed by atoms with E-state index in [2.05, 4.69) is 48.5 Å². The van der Waals surface area contributed by atoms with Crippen LogP contribution in [0.2, 0.25) is 0 Å². The highest BCUT2D eigenvalue weighted by Crippen LogP contribution is 2.60. The van der Waals surface area contributed by atoms with E-state index in [1.54, 1.807) is 4.90 Å². The van der Waals surface area contributed by atoms with Gasteiger partial charge in [0.15, 0.2) is 0 Å². The molecule has 3 heteroatoms. The van der Waals surface area contributed by atoms with Gasteiger partial charge in [0, 0.05) is 34.8 Å². The van der Waals surface area contributed by atoms with Gasteiger partial charge in [0.25, 0.3) is 0 Å². The maximum absolute atomic E-state index is 14.3. The molecule has 0 unspecified atom stereocenters. The van der Waals surface area contributed by atoms with Crippen molar-refractivity contribution < 1.29 is 9.53 Å². The zero-order valence-electron chi connectivity index (χ0n) is 17.5. The van der Waals surface area contributed by atoms with Crippen molar-refractivity contribution in [1.29, 1.82) is 0 Å². The first-order valence-corrected chi connectivity index (χ1v) is 10.8. The Bertz CT molecular complexity index is 1600. The van der Waals surface area contributed by atoms with Crippen LogP contribution in [0.25, 0.3) is 21.5 Å². The van der Waals surface area contributed by atoms with E-state index in [1.807, 2.05) is 55.6 Å². The van der Waals surface area contributed by atoms with Crippen LogP contribution in [0, 0.1) is 0 Å². The maximum atomic E-state index is 14.3. The van der Waals surface area contributed by atoms with Crippen molar-refractivity contribution >= 4 is 33.1 Å². The van der Waals surface area contributed by atoms with Crippen LogP contribution in [0.4, 0.5) is 5.69 Å². The summed E-state index contributed by atoms with van der Waals surface area (Å²) in [6.45, 7) is 0. The number of nitrogens with zero attached hydrogens (tertiary/aromatic N) is 1. The number of hydrogen-bond donors (Lipinski definition) is 0. The SMILES string of the molecule is CN1C(=O)[C@@]2(c3ccccc31)c1ccc3ccccc3c1Oc1ccc3ccccc3c12. The monoisotopic (exact) mass is 413 g/mol. The lowest BCUT2D eigenvalue weighted by Crippen LogP contribution is -2.42. The van der Waals surface area contributed by atoms with Gasteiger partial charge in [-0.25, -0.2) is 0 Å². The number of ether oxygens (including phenoxy) is 1. The highest BCUT2D eigenvalue weighted by molar-refractivity contribution is 6.17. The molecule has 1 amide bonds. The summed E-state index contributed by atoms with van der Waals surface area (Å²) in [5.41, 5.74) is 2.82. The molecule has 32 heavy (non-hydrogen) atoms. The molecule has 0 fully saturated rings. The second-order valence-corrected chi connectivity index (χ2v) is 8.56. The molecule has 5 aromatic rings. The number of rotatable bonds is 0. The lowest BCUT2D eigenvalue weighted by molar-refractivity contribution is -0.120. The van der Waals surface area contributed by atoms with Crippen molar-refractivity contribution in [3.8, 4) is 11.5 Å². The number of benzene rings is 5. The van der Waals surface area contributed by atoms with Crippen LogP contribution in [0.3, 0.4) is 0 Å². The fourth-order valence-corrected chi connectivity index (χ4v) is 5.68. The van der Waals surface area contributed by atoms with Crippen LogP contribution in [-0.2, 0) is 10.2 Å². The standard InChI is InChI=1S/C29H19NO2/c1-30-24-13-7-6-12-22(24)29(28(30)31)23-16-14-19-9-3-5-11-21(19)27(23)32-25-17-15-18-8-2-4-10-20(18)26(25)29/h2-17H,1H3/t29-/m0/s1. The first-order valence-electron chi connectivity index (χ1n) is 10.8. The maximum Gasteiger partial charge on any atom is 0.246 e. The Hall–Kier alpha value is -4.11. The number of anilines is 1. The van der Waals surface area contributed by atoms with E-state index in [-0.39, 0.29) is 5.91 Å². The summed E-state index contributed by atoms with van der Waals surface area (Å²) in [7, 11) is 1.87. The predicted octanol–water partition coefficient (Wildman–Crippen LogP) is 6.41. The zero-order chi connectivity index (χ0) is 21.4. The van der Waals surface area contributed by atoms with Crippen molar-refractivity contribution in [2.24, 2.45) is 0 Å². The van der Waals surface area contributed by atoms with E-state index in [0.717, 1.165) is 55.4 Å². The molecule has 2 aliphatic rings. The molecular formula is C29H19NO2. The smallest absolute Gasteiger partial charge is 0.246 e. The molecule has 0 bridgehead atoms. The van der Waals surface area contributed by atoms with Gasteiger partial charge >= 0.3 is 0 Å². The largest absolute Gasteiger partial charge is 0.456 e. The van der Waals surface area contributed by atoms with Crippen molar-refractivity contribution in [3.05, 3.63) is 114 Å². The third-order valence-corrected chi connectivity index (χ3v) is 7.06. The number of amides is 1. The molecule has 7 rings (SSSR count). The van der Waals surface area contributed by atoms with E-state index < -0.39 is 5.41 Å². The number of carbonyl (C=O) groups is 1. The molecule has 0 saturated heterocycles. The Morgan fingerprint density at radius 2 is 1.34 bits per heavy atom. The third kappa shape index (κ3) is 1.94. The van der Waals surface area contributed by atoms with Crippen LogP contribution in [0.5, 0.6) is 11.5 Å². The minimum Gasteiger partial charge on any atom is -0.456 e. The quantitative estimate of drug-likeness (QED) is 0.294. The number of likely N-dealkylation sites (N-methyl/N-ethyl adjacent to an activating group) is 1. The van der Waals surface area contributed by atoms with E-state index >= 15 is 0 Å². The van der Waals surface area contributed by atoms with Gasteiger partial charge in [-0.1, -0.05) is 84.9 Å². The molecule has 0 aromatic heterocycles. The number of carbonyl (C=O) groups excluding carboxylic acids is 1. The molecule has 2 aliphatic heterocycles. The van der Waals surface area contributed by atoms with Gasteiger partial charge in [-0.2, -0.15) is 0 Å². The van der Waals surface area contributed by atoms with Gasteiger partial charge in [-0.15, -0.1) is 0 Å². The van der Waals surface area contributed by atoms with E-state index in [4.69, 9.17) is 4.74 Å². The predicted molar refractivity (Wildman–Crippen MR) is 128 cm³/mol. The van der Waals surface area contributed by atoms with E-state index in [0.29, 0.717) is 0 Å². The Balaban J connectivity index is 1.73. The van der Waals surface area contributed by atoms with Crippen LogP contribution in [0.15, 0.2) is 97.1 Å². The fraction of sp³-hybridized carbons (Fsp3) is 0.0690. The summed E-state index contributed by atoms with van der Waals surface area (Å²) in [5.74, 6) is 1.56. The van der Waals surface area contributed by atoms with Crippen molar-refractivity contribution in [1.82, 2.24) is 0 Å². The van der Waals surface area contributed by atoms with Crippen LogP contribution in [-0.4, -0.2) is 13.0 Å². The number of fused-ring (bicyclic) bond motifs is 10. The van der Waals surface area contributed by atoms with E-state index in [9.17, 15) is 4.79 Å². The second kappa shape index (κ2) is 5.98. The molecule has 0 aliphatic carbocycles. The van der Waals surface area contributed by atoms with Crippen LogP contribution < -0.4 is 9.64 Å². The van der Waals surface area contributed by atoms with Gasteiger partial charge in [0.05, 0.1) is 0 Å². The minimum atomic E-state index is -0.959. The summed E-state index contributed by atoms with van der Waals surface area (Å²) in [4.78, 5) is 16.1. The van der Waals surface area contributed by atoms with Gasteiger partial charge in [-0.05, 0) is 28.3 Å². The minimum absolute atomic E-state index is 0.0520. The van der Waals surface area contributed by atoms with Gasteiger partial charge in [-0.3, -0.25) is 4.79 Å². The first kappa shape index (κ1) is 17.6. The molecule has 0 N–H and O–H groups in total. The van der Waals surface area contributed by atoms with Crippen LogP contribution in [0.1, 0.15) is 16.7 Å². The normalized spacial score (nSPS) is 18.5. The Morgan fingerprint density at radius 1 is 0.688 bits per heavy atom. The Kier molecular flexibility index (Phi) is 3.28. The van der Waals surface area contributed by atoms with Crippen molar-refractivity contribution in [2.45, 2.75) is 5.41 Å². The summed E-state index contributed by atoms with van der Waals surface area (Å²) in [6, 6.07) is 32.9. The molecule has 152 valence electrons. The summed E-state index contributed by atoms with van der Waals surface area (Å²) < 4.78 is 6.61. The summed E-state index contributed by atoms with van der Waals surface area (Å²) in [5, 5.41) is 4.25. The van der Waals surface area contributed by atoms with Crippen LogP contribution >= 0.6 is 0 Å². The second-order valence-electron chi connectivity index (χ2n) is 8.56. The molecule has 0 saturated carbocycles. The fourth-order valence-electron chi connectivity index (χ4n) is 5.68. The lowest BCUT2D eigenvalue weighted by Gasteiger charge is -2.37. The molecule has 1 spiro atoms.